The van der Waals surface area contributed by atoms with E-state index in [-0.39, 0.29) is 0 Å². The normalized spacial score (nSPS) is 11.3. The van der Waals surface area contributed by atoms with Crippen molar-refractivity contribution in [1.82, 2.24) is 0 Å². The van der Waals surface area contributed by atoms with Crippen molar-refractivity contribution in [3.05, 3.63) is 124 Å². The first-order valence-corrected chi connectivity index (χ1v) is 21.2. The zero-order valence-corrected chi connectivity index (χ0v) is 27.6. The Kier molecular flexibility index (Phi) is 9.41. The Morgan fingerprint density at radius 1 is 0.526 bits per heavy atom. The van der Waals surface area contributed by atoms with Crippen LogP contribution in [0.4, 0.5) is 0 Å². The van der Waals surface area contributed by atoms with Gasteiger partial charge in [0, 0.05) is 0 Å². The zero-order chi connectivity index (χ0) is 27.6. The predicted octanol–water partition coefficient (Wildman–Crippen LogP) is 7.85. The van der Waals surface area contributed by atoms with Crippen molar-refractivity contribution in [2.24, 2.45) is 0 Å². The van der Waals surface area contributed by atoms with Gasteiger partial charge in [-0.3, -0.25) is 0 Å². The summed E-state index contributed by atoms with van der Waals surface area (Å²) in [6, 6.07) is 35.3. The number of rotatable bonds is 4. The van der Waals surface area contributed by atoms with Gasteiger partial charge < -0.3 is 0 Å². The first kappa shape index (κ1) is 29.3. The summed E-state index contributed by atoms with van der Waals surface area (Å²) in [7, 11) is 12.3. The number of aryl methyl sites for hydroxylation is 6. The van der Waals surface area contributed by atoms with E-state index in [9.17, 15) is 0 Å². The van der Waals surface area contributed by atoms with Crippen LogP contribution in [0.15, 0.2) is 91.0 Å². The van der Waals surface area contributed by atoms with Crippen LogP contribution in [0.2, 0.25) is 0 Å². The van der Waals surface area contributed by atoms with Crippen LogP contribution in [-0.4, -0.2) is 8.07 Å². The summed E-state index contributed by atoms with van der Waals surface area (Å²) in [4.78, 5) is 0. The van der Waals surface area contributed by atoms with Gasteiger partial charge in [-0.05, 0) is 41.5 Å². The molecule has 0 heterocycles. The molecule has 0 aromatic heterocycles. The molecular formula is C33H33Cl3SiTi. The average molecular weight is 612 g/mol. The van der Waals surface area contributed by atoms with Gasteiger partial charge in [0.2, 0.25) is 0 Å². The second-order valence-corrected chi connectivity index (χ2v) is 21.9. The Hall–Kier alpha value is -1.71. The minimum atomic E-state index is -2.60. The van der Waals surface area contributed by atoms with E-state index in [1.165, 1.54) is 64.9 Å². The molecule has 0 nitrogen and oxygen atoms in total. The molecule has 0 fully saturated rings. The summed E-state index contributed by atoms with van der Waals surface area (Å²) >= 11 is -1.92. The number of fused-ring (bicyclic) bond motifs is 1. The van der Waals surface area contributed by atoms with E-state index in [0.717, 1.165) is 0 Å². The monoisotopic (exact) mass is 610 g/mol. The molecule has 0 aliphatic rings. The molecule has 0 aliphatic carbocycles. The molecule has 38 heavy (non-hydrogen) atoms. The van der Waals surface area contributed by atoms with Crippen LogP contribution in [0, 0.1) is 41.5 Å². The van der Waals surface area contributed by atoms with E-state index >= 15 is 0 Å². The molecule has 5 aromatic rings. The molecule has 0 atom stereocenters. The van der Waals surface area contributed by atoms with Gasteiger partial charge >= 0.3 is 42.6 Å². The number of halogens is 3. The van der Waals surface area contributed by atoms with Crippen LogP contribution < -0.4 is 20.7 Å². The second kappa shape index (κ2) is 12.2. The molecule has 5 heteroatoms. The van der Waals surface area contributed by atoms with E-state index in [1.54, 1.807) is 0 Å². The number of hydrogen-bond acceptors (Lipinski definition) is 0. The van der Waals surface area contributed by atoms with Crippen molar-refractivity contribution in [3.63, 3.8) is 0 Å². The van der Waals surface area contributed by atoms with Crippen LogP contribution in [0.3, 0.4) is 0 Å². The molecule has 0 aliphatic heterocycles. The summed E-state index contributed by atoms with van der Waals surface area (Å²) in [5.74, 6) is 0. The molecule has 0 unspecified atom stereocenters. The van der Waals surface area contributed by atoms with Gasteiger partial charge in [0.1, 0.15) is 8.07 Å². The summed E-state index contributed by atoms with van der Waals surface area (Å²) < 4.78 is 0. The fourth-order valence-corrected chi connectivity index (χ4v) is 11.6. The number of benzene rings is 4. The van der Waals surface area contributed by atoms with Crippen LogP contribution in [-0.2, 0) is 14.7 Å². The maximum atomic E-state index is 4.97. The van der Waals surface area contributed by atoms with Crippen LogP contribution in [0.25, 0.3) is 10.8 Å². The second-order valence-electron chi connectivity index (χ2n) is 10.4. The first-order valence-electron chi connectivity index (χ1n) is 12.8. The molecule has 0 N–H and O–H groups in total. The number of hydrogen-bond donors (Lipinski definition) is 0. The predicted molar refractivity (Wildman–Crippen MR) is 169 cm³/mol. The zero-order valence-electron chi connectivity index (χ0n) is 22.8. The van der Waals surface area contributed by atoms with Gasteiger partial charge in [0.15, 0.2) is 0 Å². The van der Waals surface area contributed by atoms with Crippen LogP contribution >= 0.6 is 27.9 Å². The Morgan fingerprint density at radius 2 is 0.868 bits per heavy atom. The summed E-state index contributed by atoms with van der Waals surface area (Å²) in [5, 5.41) is 8.60. The summed E-state index contributed by atoms with van der Waals surface area (Å²) in [5.41, 5.74) is 7.98. The molecule has 5 aromatic carbocycles. The van der Waals surface area contributed by atoms with Crippen molar-refractivity contribution in [2.45, 2.75) is 41.5 Å². The third kappa shape index (κ3) is 6.20. The van der Waals surface area contributed by atoms with E-state index in [0.29, 0.717) is 0 Å². The molecule has 0 amide bonds. The average Bonchev–Trinajstić information content (AvgIpc) is 3.22. The summed E-state index contributed by atoms with van der Waals surface area (Å²) in [6.45, 7) is 13.4. The van der Waals surface area contributed by atoms with Crippen LogP contribution in [0.1, 0.15) is 33.4 Å². The van der Waals surface area contributed by atoms with Gasteiger partial charge in [-0.2, -0.15) is 12.1 Å². The maximum absolute atomic E-state index is 4.97. The van der Waals surface area contributed by atoms with E-state index in [2.05, 4.69) is 133 Å². The van der Waals surface area contributed by atoms with Gasteiger partial charge in [0.25, 0.3) is 0 Å². The minimum absolute atomic E-state index is 1.33. The molecule has 0 bridgehead atoms. The Morgan fingerprint density at radius 3 is 1.24 bits per heavy atom. The van der Waals surface area contributed by atoms with Gasteiger partial charge in [0.05, 0.1) is 0 Å². The standard InChI is InChI=1S/C33H33Si.3ClH.Ti/c1-22-13-23(2)17-29(16-22)34(30-18-24(3)14-25(4)19-30,31-20-26(5)15-27(6)21-31)33-12-11-28-9-7-8-10-32(28)33;;;;/h7-21H,1-6H3;3*1H;/q-1;;;;+4/p-3. The van der Waals surface area contributed by atoms with Gasteiger partial charge in [-0.1, -0.05) is 110 Å². The van der Waals surface area contributed by atoms with Crippen molar-refractivity contribution >= 4 is 67.5 Å². The topological polar surface area (TPSA) is 0 Å². The molecule has 0 saturated heterocycles. The molecule has 0 radical (unpaired) electrons. The molecule has 5 rings (SSSR count). The van der Waals surface area contributed by atoms with Crippen molar-refractivity contribution in [2.75, 3.05) is 0 Å². The van der Waals surface area contributed by atoms with E-state index < -0.39 is 22.8 Å². The Bertz CT molecular complexity index is 1400. The summed E-state index contributed by atoms with van der Waals surface area (Å²) in [6.07, 6.45) is 0. The Labute approximate surface area is 246 Å². The van der Waals surface area contributed by atoms with E-state index in [1.807, 2.05) is 0 Å². The molecular weight excluding hydrogens is 579 g/mol. The molecule has 0 spiro atoms. The Balaban J connectivity index is 0.000000786. The first-order chi connectivity index (χ1) is 18.0. The quantitative estimate of drug-likeness (QED) is 0.110. The molecule has 194 valence electrons. The van der Waals surface area contributed by atoms with E-state index in [4.69, 9.17) is 27.9 Å². The fourth-order valence-electron chi connectivity index (χ4n) is 6.02. The third-order valence-corrected chi connectivity index (χ3v) is 11.8. The van der Waals surface area contributed by atoms with Crippen molar-refractivity contribution < 1.29 is 14.7 Å². The molecule has 0 saturated carbocycles. The SMILES string of the molecule is Cc1cc(C)cc([Si](c2cc(C)cc(C)c2)(c2cc(C)cc(C)c2)[c-]2ccc3ccccc32)c1.[Cl][Ti+]([Cl])[Cl]. The van der Waals surface area contributed by atoms with Crippen LogP contribution in [0.5, 0.6) is 0 Å². The van der Waals surface area contributed by atoms with Gasteiger partial charge in [-0.15, -0.1) is 34.2 Å². The van der Waals surface area contributed by atoms with Crippen molar-refractivity contribution in [1.29, 1.82) is 0 Å². The fraction of sp³-hybridized carbons (Fsp3) is 0.182. The third-order valence-electron chi connectivity index (χ3n) is 7.05. The van der Waals surface area contributed by atoms with Crippen molar-refractivity contribution in [3.8, 4) is 0 Å². The van der Waals surface area contributed by atoms with Gasteiger partial charge in [-0.25, -0.2) is 0 Å².